The Kier molecular flexibility index (Phi) is 47.0. The highest BCUT2D eigenvalue weighted by Crippen LogP contribution is 2.38. The molecule has 2 N–H and O–H groups in total. The third-order valence-corrected chi connectivity index (χ3v) is 12.8. The Morgan fingerprint density at radius 2 is 0.925 bits per heavy atom. The number of quaternary nitrogens is 1. The number of carbonyl (C=O) groups excluding carboxylic acids is 1. The Morgan fingerprint density at radius 3 is 1.39 bits per heavy atom. The number of hydrogen-bond acceptors (Lipinski definition) is 6. The van der Waals surface area contributed by atoms with Crippen molar-refractivity contribution < 1.29 is 32.9 Å². The maximum Gasteiger partial charge on any atom is 0.268 e. The molecule has 8 nitrogen and oxygen atoms in total. The van der Waals surface area contributed by atoms with Gasteiger partial charge in [-0.1, -0.05) is 227 Å². The van der Waals surface area contributed by atoms with E-state index in [1.165, 1.54) is 135 Å². The fourth-order valence-electron chi connectivity index (χ4n) is 7.55. The molecule has 0 bridgehead atoms. The number of amides is 1. The summed E-state index contributed by atoms with van der Waals surface area (Å²) in [6.45, 7) is 4.49. The first-order valence-electron chi connectivity index (χ1n) is 27.4. The molecule has 3 unspecified atom stereocenters. The molecule has 0 aromatic rings. The second-order valence-corrected chi connectivity index (χ2v) is 21.0. The molecule has 0 spiro atoms. The van der Waals surface area contributed by atoms with E-state index in [9.17, 15) is 19.4 Å². The lowest BCUT2D eigenvalue weighted by molar-refractivity contribution is -0.870. The number of phosphoric acid groups is 1. The summed E-state index contributed by atoms with van der Waals surface area (Å²) in [4.78, 5) is 25.4. The van der Waals surface area contributed by atoms with E-state index in [-0.39, 0.29) is 12.5 Å². The molecule has 0 aromatic carbocycles. The summed E-state index contributed by atoms with van der Waals surface area (Å²) in [5, 5.41) is 13.8. The van der Waals surface area contributed by atoms with Crippen molar-refractivity contribution in [1.82, 2.24) is 5.32 Å². The Labute approximate surface area is 414 Å². The standard InChI is InChI=1S/C58H105N2O6P/c1-6-8-10-12-14-16-18-20-21-22-23-24-25-26-27-28-29-30-31-32-33-34-35-36-37-38-39-40-42-44-46-48-50-52-58(62)59-56(55-66-67(63,64)65-54-53-60(3,4)5)57(61)51-49-47-45-43-41-19-17-15-13-11-9-7-2/h8,10,14,16,20-21,23-24,26-27,41,43,49,51,56-57,61H,6-7,9,11-13,15,17-19,22,25,28-40,42,44-48,50,52-55H2,1-5H3,(H-,59,62,63,64)/b10-8-,16-14-,21-20-,24-23-,27-26-,43-41+,51-49+. The van der Waals surface area contributed by atoms with Crippen LogP contribution in [0.4, 0.5) is 0 Å². The number of carbonyl (C=O) groups is 1. The third-order valence-electron chi connectivity index (χ3n) is 11.8. The van der Waals surface area contributed by atoms with Crippen LogP contribution in [0.3, 0.4) is 0 Å². The minimum atomic E-state index is -4.60. The molecule has 67 heavy (non-hydrogen) atoms. The average Bonchev–Trinajstić information content (AvgIpc) is 3.29. The second-order valence-electron chi connectivity index (χ2n) is 19.5. The first-order valence-corrected chi connectivity index (χ1v) is 28.9. The quantitative estimate of drug-likeness (QED) is 0.0272. The molecule has 0 saturated carbocycles. The van der Waals surface area contributed by atoms with Gasteiger partial charge in [0.2, 0.25) is 5.91 Å². The van der Waals surface area contributed by atoms with Gasteiger partial charge in [0.1, 0.15) is 13.2 Å². The van der Waals surface area contributed by atoms with Crippen LogP contribution in [0.25, 0.3) is 0 Å². The van der Waals surface area contributed by atoms with Crippen LogP contribution in [0, 0.1) is 0 Å². The van der Waals surface area contributed by atoms with Crippen LogP contribution in [0.1, 0.15) is 226 Å². The Balaban J connectivity index is 4.06. The van der Waals surface area contributed by atoms with Gasteiger partial charge >= 0.3 is 0 Å². The van der Waals surface area contributed by atoms with Crippen LogP contribution in [0.5, 0.6) is 0 Å². The molecule has 0 rings (SSSR count). The number of likely N-dealkylation sites (N-methyl/N-ethyl adjacent to an activating group) is 1. The zero-order valence-electron chi connectivity index (χ0n) is 44.1. The van der Waals surface area contributed by atoms with Gasteiger partial charge in [0.25, 0.3) is 7.82 Å². The number of phosphoric ester groups is 1. The summed E-state index contributed by atoms with van der Waals surface area (Å²) >= 11 is 0. The number of rotatable bonds is 49. The monoisotopic (exact) mass is 957 g/mol. The highest BCUT2D eigenvalue weighted by molar-refractivity contribution is 7.45. The van der Waals surface area contributed by atoms with Gasteiger partial charge in [-0.15, -0.1) is 0 Å². The SMILES string of the molecule is CC/C=C\C/C=C\C/C=C\C/C=C\C/C=C\CCCCCCCCCCCCCCCCCCCC(=O)NC(COP(=O)([O-])OCC[N+](C)(C)C)C(O)/C=C/CC/C=C/CCCCCCCC. The lowest BCUT2D eigenvalue weighted by atomic mass is 10.0. The fraction of sp³-hybridized carbons (Fsp3) is 0.741. The number of nitrogens with zero attached hydrogens (tertiary/aromatic N) is 1. The molecule has 0 aliphatic carbocycles. The summed E-state index contributed by atoms with van der Waals surface area (Å²) in [5.74, 6) is -0.210. The van der Waals surface area contributed by atoms with Gasteiger partial charge in [0.15, 0.2) is 0 Å². The number of allylic oxidation sites excluding steroid dienone is 13. The van der Waals surface area contributed by atoms with Crippen molar-refractivity contribution in [2.45, 2.75) is 238 Å². The third kappa shape index (κ3) is 51.4. The van der Waals surface area contributed by atoms with E-state index >= 15 is 0 Å². The molecule has 0 aliphatic heterocycles. The first-order chi connectivity index (χ1) is 32.5. The van der Waals surface area contributed by atoms with E-state index in [1.54, 1.807) is 6.08 Å². The van der Waals surface area contributed by atoms with Gasteiger partial charge < -0.3 is 28.8 Å². The fourth-order valence-corrected chi connectivity index (χ4v) is 8.27. The van der Waals surface area contributed by atoms with Gasteiger partial charge in [0, 0.05) is 6.42 Å². The largest absolute Gasteiger partial charge is 0.756 e. The molecule has 0 heterocycles. The van der Waals surface area contributed by atoms with Crippen LogP contribution < -0.4 is 10.2 Å². The summed E-state index contributed by atoms with van der Waals surface area (Å²) in [5.41, 5.74) is 0. The first kappa shape index (κ1) is 64.7. The maximum absolute atomic E-state index is 12.9. The molecule has 0 aromatic heterocycles. The topological polar surface area (TPSA) is 108 Å². The van der Waals surface area contributed by atoms with Crippen molar-refractivity contribution in [2.24, 2.45) is 0 Å². The van der Waals surface area contributed by atoms with Crippen molar-refractivity contribution in [1.29, 1.82) is 0 Å². The van der Waals surface area contributed by atoms with E-state index in [2.05, 4.69) is 92.1 Å². The van der Waals surface area contributed by atoms with Crippen LogP contribution in [-0.2, 0) is 18.4 Å². The lowest BCUT2D eigenvalue weighted by Gasteiger charge is -2.29. The van der Waals surface area contributed by atoms with Crippen molar-refractivity contribution >= 4 is 13.7 Å². The number of hydrogen-bond donors (Lipinski definition) is 2. The Morgan fingerprint density at radius 1 is 0.537 bits per heavy atom. The number of aliphatic hydroxyl groups excluding tert-OH is 1. The van der Waals surface area contributed by atoms with E-state index in [4.69, 9.17) is 9.05 Å². The highest BCUT2D eigenvalue weighted by atomic mass is 31.2. The van der Waals surface area contributed by atoms with Gasteiger partial charge in [-0.2, -0.15) is 0 Å². The van der Waals surface area contributed by atoms with Crippen molar-refractivity contribution in [3.8, 4) is 0 Å². The summed E-state index contributed by atoms with van der Waals surface area (Å²) in [7, 11) is 1.24. The molecule has 0 fully saturated rings. The van der Waals surface area contributed by atoms with Gasteiger partial charge in [-0.3, -0.25) is 9.36 Å². The van der Waals surface area contributed by atoms with Crippen LogP contribution in [-0.4, -0.2) is 68.5 Å². The molecule has 9 heteroatoms. The normalized spacial score (nSPS) is 14.7. The summed E-state index contributed by atoms with van der Waals surface area (Å²) in [6, 6.07) is -0.905. The van der Waals surface area contributed by atoms with E-state index in [1.807, 2.05) is 27.2 Å². The Hall–Kier alpha value is -2.32. The van der Waals surface area contributed by atoms with Crippen molar-refractivity contribution in [2.75, 3.05) is 40.9 Å². The molecular weight excluding hydrogens is 852 g/mol. The van der Waals surface area contributed by atoms with E-state index in [0.29, 0.717) is 17.4 Å². The van der Waals surface area contributed by atoms with Gasteiger partial charge in [-0.05, 0) is 77.0 Å². The maximum atomic E-state index is 12.9. The summed E-state index contributed by atoms with van der Waals surface area (Å²) < 4.78 is 23.2. The zero-order valence-corrected chi connectivity index (χ0v) is 45.0. The highest BCUT2D eigenvalue weighted by Gasteiger charge is 2.23. The molecule has 3 atom stereocenters. The van der Waals surface area contributed by atoms with E-state index < -0.39 is 26.6 Å². The Bertz CT molecular complexity index is 1360. The molecule has 0 saturated heterocycles. The minimum absolute atomic E-state index is 0.00851. The molecule has 1 amide bonds. The van der Waals surface area contributed by atoms with Crippen LogP contribution >= 0.6 is 7.82 Å². The number of aliphatic hydroxyl groups is 1. The van der Waals surface area contributed by atoms with E-state index in [0.717, 1.165) is 70.6 Å². The number of nitrogens with one attached hydrogen (secondary N) is 1. The second kappa shape index (κ2) is 48.7. The van der Waals surface area contributed by atoms with Crippen LogP contribution in [0.15, 0.2) is 85.1 Å². The minimum Gasteiger partial charge on any atom is -0.756 e. The predicted molar refractivity (Wildman–Crippen MR) is 288 cm³/mol. The number of unbranched alkanes of at least 4 members (excludes halogenated alkanes) is 24. The predicted octanol–water partition coefficient (Wildman–Crippen LogP) is 15.8. The van der Waals surface area contributed by atoms with Crippen LogP contribution in [0.2, 0.25) is 0 Å². The van der Waals surface area contributed by atoms with Gasteiger partial charge in [-0.25, -0.2) is 0 Å². The molecule has 0 radical (unpaired) electrons. The summed E-state index contributed by atoms with van der Waals surface area (Å²) in [6.07, 6.45) is 68.1. The van der Waals surface area contributed by atoms with Crippen molar-refractivity contribution in [3.63, 3.8) is 0 Å². The molecular formula is C58H105N2O6P. The van der Waals surface area contributed by atoms with Crippen molar-refractivity contribution in [3.05, 3.63) is 85.1 Å². The smallest absolute Gasteiger partial charge is 0.268 e. The average molecular weight is 957 g/mol. The van der Waals surface area contributed by atoms with Gasteiger partial charge in [0.05, 0.1) is 39.9 Å². The molecule has 0 aliphatic rings. The lowest BCUT2D eigenvalue weighted by Crippen LogP contribution is -2.45. The zero-order chi connectivity index (χ0) is 49.2. The molecule has 388 valence electrons.